The fourth-order valence-corrected chi connectivity index (χ4v) is 1.55. The van der Waals surface area contributed by atoms with Gasteiger partial charge in [0, 0.05) is 11.6 Å². The Hall–Kier alpha value is -1.95. The van der Waals surface area contributed by atoms with Gasteiger partial charge in [-0.15, -0.1) is 10.2 Å². The van der Waals surface area contributed by atoms with Crippen molar-refractivity contribution in [2.45, 2.75) is 19.3 Å². The summed E-state index contributed by atoms with van der Waals surface area (Å²) in [4.78, 5) is 10.9. The van der Waals surface area contributed by atoms with Crippen LogP contribution in [0.5, 0.6) is 0 Å². The zero-order valence-electron chi connectivity index (χ0n) is 9.58. The number of pyridine rings is 1. The molecule has 2 N–H and O–H groups in total. The van der Waals surface area contributed by atoms with E-state index in [2.05, 4.69) is 10.2 Å². The lowest BCUT2D eigenvalue weighted by Gasteiger charge is -2.19. The number of fused-ring (bicyclic) bond motifs is 1. The van der Waals surface area contributed by atoms with E-state index >= 15 is 0 Å². The quantitative estimate of drug-likeness (QED) is 0.817. The Morgan fingerprint density at radius 2 is 2.12 bits per heavy atom. The summed E-state index contributed by atoms with van der Waals surface area (Å²) in [5.74, 6) is -0.466. The molecule has 0 fully saturated rings. The Morgan fingerprint density at radius 1 is 1.41 bits per heavy atom. The first-order chi connectivity index (χ1) is 7.95. The third kappa shape index (κ3) is 1.87. The van der Waals surface area contributed by atoms with Crippen LogP contribution in [-0.4, -0.2) is 37.4 Å². The normalized spacial score (nSPS) is 11.9. The van der Waals surface area contributed by atoms with Gasteiger partial charge in [-0.1, -0.05) is 13.8 Å². The summed E-state index contributed by atoms with van der Waals surface area (Å²) in [6.07, 6.45) is 1.46. The van der Waals surface area contributed by atoms with Crippen molar-refractivity contribution in [1.29, 1.82) is 0 Å². The fraction of sp³-hybridized carbons (Fsp3) is 0.364. The Labute approximate surface area is 97.5 Å². The molecule has 2 aromatic rings. The van der Waals surface area contributed by atoms with Crippen LogP contribution in [0, 0.1) is 0 Å². The molecule has 2 heterocycles. The Kier molecular flexibility index (Phi) is 2.59. The van der Waals surface area contributed by atoms with Crippen LogP contribution in [0.2, 0.25) is 0 Å². The molecule has 6 nitrogen and oxygen atoms in total. The van der Waals surface area contributed by atoms with Gasteiger partial charge < -0.3 is 10.2 Å². The number of aliphatic hydroxyl groups excluding tert-OH is 1. The van der Waals surface area contributed by atoms with Crippen LogP contribution in [0.3, 0.4) is 0 Å². The number of carbonyl (C=O) groups is 1. The van der Waals surface area contributed by atoms with Crippen LogP contribution < -0.4 is 0 Å². The SMILES string of the molecule is CC(C)(CO)c1nnc2ccc(C(=O)O)cn12. The molecule has 0 saturated carbocycles. The predicted molar refractivity (Wildman–Crippen MR) is 60.1 cm³/mol. The molecule has 0 spiro atoms. The van der Waals surface area contributed by atoms with E-state index in [0.717, 1.165) is 0 Å². The Bertz CT molecular complexity index is 574. The van der Waals surface area contributed by atoms with Crippen LogP contribution in [-0.2, 0) is 5.41 Å². The van der Waals surface area contributed by atoms with Crippen LogP contribution in [0.4, 0.5) is 0 Å². The zero-order chi connectivity index (χ0) is 12.6. The minimum atomic E-state index is -1.01. The van der Waals surface area contributed by atoms with Gasteiger partial charge in [-0.05, 0) is 12.1 Å². The number of carboxylic acid groups (broad SMARTS) is 1. The van der Waals surface area contributed by atoms with Crippen molar-refractivity contribution in [2.24, 2.45) is 0 Å². The van der Waals surface area contributed by atoms with Crippen molar-refractivity contribution in [3.05, 3.63) is 29.7 Å². The van der Waals surface area contributed by atoms with Gasteiger partial charge in [0.25, 0.3) is 0 Å². The third-order valence-electron chi connectivity index (χ3n) is 2.65. The van der Waals surface area contributed by atoms with Gasteiger partial charge in [0.15, 0.2) is 5.65 Å². The van der Waals surface area contributed by atoms with Gasteiger partial charge in [-0.2, -0.15) is 0 Å². The molecule has 0 atom stereocenters. The number of aromatic nitrogens is 3. The molecule has 90 valence electrons. The second-order valence-electron chi connectivity index (χ2n) is 4.52. The number of aromatic carboxylic acids is 1. The Balaban J connectivity index is 2.66. The van der Waals surface area contributed by atoms with E-state index in [1.807, 2.05) is 13.8 Å². The lowest BCUT2D eigenvalue weighted by atomic mass is 9.94. The molecule has 0 aliphatic carbocycles. The maximum absolute atomic E-state index is 10.9. The van der Waals surface area contributed by atoms with Crippen LogP contribution >= 0.6 is 0 Å². The maximum atomic E-state index is 10.9. The van der Waals surface area contributed by atoms with Crippen LogP contribution in [0.1, 0.15) is 30.0 Å². The smallest absolute Gasteiger partial charge is 0.337 e. The maximum Gasteiger partial charge on any atom is 0.337 e. The second-order valence-corrected chi connectivity index (χ2v) is 4.52. The summed E-state index contributed by atoms with van der Waals surface area (Å²) in [6, 6.07) is 3.06. The van der Waals surface area contributed by atoms with Gasteiger partial charge in [0.1, 0.15) is 5.82 Å². The molecule has 0 saturated heterocycles. The second kappa shape index (κ2) is 3.81. The molecule has 0 bridgehead atoms. The summed E-state index contributed by atoms with van der Waals surface area (Å²) >= 11 is 0. The van der Waals surface area contributed by atoms with E-state index < -0.39 is 11.4 Å². The first kappa shape index (κ1) is 11.5. The topological polar surface area (TPSA) is 87.7 Å². The largest absolute Gasteiger partial charge is 0.478 e. The molecule has 0 unspecified atom stereocenters. The lowest BCUT2D eigenvalue weighted by molar-refractivity contribution is 0.0696. The van der Waals surface area contributed by atoms with Gasteiger partial charge in [-0.25, -0.2) is 4.79 Å². The van der Waals surface area contributed by atoms with Crippen molar-refractivity contribution < 1.29 is 15.0 Å². The number of hydrogen-bond donors (Lipinski definition) is 2. The summed E-state index contributed by atoms with van der Waals surface area (Å²) < 4.78 is 1.60. The highest BCUT2D eigenvalue weighted by molar-refractivity contribution is 5.87. The van der Waals surface area contributed by atoms with Crippen molar-refractivity contribution in [3.8, 4) is 0 Å². The fourth-order valence-electron chi connectivity index (χ4n) is 1.55. The van der Waals surface area contributed by atoms with Crippen molar-refractivity contribution in [1.82, 2.24) is 14.6 Å². The number of carboxylic acids is 1. The average Bonchev–Trinajstić information content (AvgIpc) is 2.72. The van der Waals surface area contributed by atoms with Gasteiger partial charge in [-0.3, -0.25) is 4.40 Å². The number of hydrogen-bond acceptors (Lipinski definition) is 4. The first-order valence-corrected chi connectivity index (χ1v) is 5.15. The van der Waals surface area contributed by atoms with Crippen LogP contribution in [0.15, 0.2) is 18.3 Å². The summed E-state index contributed by atoms with van der Waals surface area (Å²) in [5.41, 5.74) is 0.148. The highest BCUT2D eigenvalue weighted by Gasteiger charge is 2.26. The highest BCUT2D eigenvalue weighted by atomic mass is 16.4. The molecule has 0 aliphatic heterocycles. The molecular weight excluding hydrogens is 222 g/mol. The van der Waals surface area contributed by atoms with E-state index in [9.17, 15) is 9.90 Å². The Morgan fingerprint density at radius 3 is 2.71 bits per heavy atom. The zero-order valence-corrected chi connectivity index (χ0v) is 9.58. The molecule has 2 aromatic heterocycles. The minimum absolute atomic E-state index is 0.0922. The average molecular weight is 235 g/mol. The minimum Gasteiger partial charge on any atom is -0.478 e. The molecule has 2 rings (SSSR count). The summed E-state index contributed by atoms with van der Waals surface area (Å²) in [5, 5.41) is 26.2. The molecule has 17 heavy (non-hydrogen) atoms. The predicted octanol–water partition coefficient (Wildman–Crippen LogP) is 0.697. The van der Waals surface area contributed by atoms with E-state index in [0.29, 0.717) is 11.5 Å². The summed E-state index contributed by atoms with van der Waals surface area (Å²) in [6.45, 7) is 3.54. The van der Waals surface area contributed by atoms with Gasteiger partial charge in [0.05, 0.1) is 12.2 Å². The lowest BCUT2D eigenvalue weighted by Crippen LogP contribution is -2.25. The van der Waals surface area contributed by atoms with E-state index in [1.165, 1.54) is 12.3 Å². The molecule has 0 radical (unpaired) electrons. The molecule has 0 amide bonds. The van der Waals surface area contributed by atoms with Crippen molar-refractivity contribution >= 4 is 11.6 Å². The molecule has 0 aromatic carbocycles. The summed E-state index contributed by atoms with van der Waals surface area (Å²) in [7, 11) is 0. The van der Waals surface area contributed by atoms with E-state index in [4.69, 9.17) is 5.11 Å². The molecular formula is C11H13N3O3. The standard InChI is InChI=1S/C11H13N3O3/c1-11(2,6-15)10-13-12-8-4-3-7(9(16)17)5-14(8)10/h3-5,15H,6H2,1-2H3,(H,16,17). The highest BCUT2D eigenvalue weighted by Crippen LogP contribution is 2.21. The van der Waals surface area contributed by atoms with E-state index in [1.54, 1.807) is 10.5 Å². The van der Waals surface area contributed by atoms with Crippen molar-refractivity contribution in [2.75, 3.05) is 6.61 Å². The van der Waals surface area contributed by atoms with E-state index in [-0.39, 0.29) is 12.2 Å². The molecule has 0 aliphatic rings. The number of rotatable bonds is 3. The van der Waals surface area contributed by atoms with Gasteiger partial charge in [0.2, 0.25) is 0 Å². The third-order valence-corrected chi connectivity index (χ3v) is 2.65. The monoisotopic (exact) mass is 235 g/mol. The van der Waals surface area contributed by atoms with Crippen molar-refractivity contribution in [3.63, 3.8) is 0 Å². The van der Waals surface area contributed by atoms with Gasteiger partial charge >= 0.3 is 5.97 Å². The van der Waals surface area contributed by atoms with Crippen LogP contribution in [0.25, 0.3) is 5.65 Å². The first-order valence-electron chi connectivity index (χ1n) is 5.15. The number of aliphatic hydroxyl groups is 1. The molecule has 6 heteroatoms. The number of nitrogens with zero attached hydrogens (tertiary/aromatic N) is 3.